The van der Waals surface area contributed by atoms with Gasteiger partial charge in [-0.15, -0.1) is 0 Å². The number of nitrogens with zero attached hydrogens (tertiary/aromatic N) is 2. The van der Waals surface area contributed by atoms with Crippen LogP contribution in [-0.4, -0.2) is 36.6 Å². The summed E-state index contributed by atoms with van der Waals surface area (Å²) < 4.78 is 0. The molecule has 1 unspecified atom stereocenters. The first-order chi connectivity index (χ1) is 15.9. The molecule has 33 heavy (non-hydrogen) atoms. The predicted molar refractivity (Wildman–Crippen MR) is 150 cm³/mol. The second kappa shape index (κ2) is 18.0. The van der Waals surface area contributed by atoms with E-state index in [4.69, 9.17) is 17.2 Å². The number of hydrogen-bond donors (Lipinski definition) is 3. The maximum Gasteiger partial charge on any atom is 0.129 e. The van der Waals surface area contributed by atoms with Crippen molar-refractivity contribution in [3.05, 3.63) is 34.9 Å². The monoisotopic (exact) mass is 477 g/mol. The minimum atomic E-state index is 0.123. The number of allylic oxidation sites excluding steroid dienone is 2. The van der Waals surface area contributed by atoms with Crippen LogP contribution in [0.2, 0.25) is 0 Å². The van der Waals surface area contributed by atoms with Gasteiger partial charge in [-0.3, -0.25) is 0 Å². The minimum absolute atomic E-state index is 0.123. The summed E-state index contributed by atoms with van der Waals surface area (Å²) in [6, 6.07) is 8.35. The van der Waals surface area contributed by atoms with Gasteiger partial charge in [-0.2, -0.15) is 0 Å². The van der Waals surface area contributed by atoms with Crippen molar-refractivity contribution in [2.24, 2.45) is 11.5 Å². The first-order valence-electron chi connectivity index (χ1n) is 13.1. The van der Waals surface area contributed by atoms with Crippen LogP contribution in [0.1, 0.15) is 91.9 Å². The summed E-state index contributed by atoms with van der Waals surface area (Å²) in [5.41, 5.74) is 20.8. The molecule has 0 amide bonds. The van der Waals surface area contributed by atoms with Gasteiger partial charge in [0, 0.05) is 41.6 Å². The Kier molecular flexibility index (Phi) is 16.2. The van der Waals surface area contributed by atoms with Gasteiger partial charge < -0.3 is 27.0 Å². The highest BCUT2D eigenvalue weighted by Gasteiger charge is 2.23. The maximum absolute atomic E-state index is 5.96. The number of benzene rings is 1. The van der Waals surface area contributed by atoms with Crippen LogP contribution >= 0.6 is 11.8 Å². The van der Waals surface area contributed by atoms with Crippen LogP contribution < -0.4 is 22.1 Å². The molecule has 0 radical (unpaired) electrons. The first-order valence-corrected chi connectivity index (χ1v) is 14.0. The van der Waals surface area contributed by atoms with Gasteiger partial charge in [0.1, 0.15) is 5.50 Å². The minimum Gasteiger partial charge on any atom is -0.399 e. The van der Waals surface area contributed by atoms with Crippen LogP contribution in [0, 0.1) is 0 Å². The smallest absolute Gasteiger partial charge is 0.129 e. The van der Waals surface area contributed by atoms with Crippen molar-refractivity contribution in [3.63, 3.8) is 0 Å². The normalized spacial score (nSPS) is 15.6. The summed E-state index contributed by atoms with van der Waals surface area (Å²) in [5.74, 6) is 0. The predicted octanol–water partition coefficient (Wildman–Crippen LogP) is 6.50. The fraction of sp³-hybridized carbons (Fsp3) is 0.704. The summed E-state index contributed by atoms with van der Waals surface area (Å²) in [6.45, 7) is 13.0. The Morgan fingerprint density at radius 2 is 1.42 bits per heavy atom. The Labute approximate surface area is 208 Å². The Morgan fingerprint density at radius 1 is 0.848 bits per heavy atom. The van der Waals surface area contributed by atoms with E-state index >= 15 is 0 Å². The third kappa shape index (κ3) is 12.1. The fourth-order valence-corrected chi connectivity index (χ4v) is 5.00. The molecule has 6 N–H and O–H groups in total. The highest BCUT2D eigenvalue weighted by molar-refractivity contribution is 8.03. The molecular weight excluding hydrogens is 426 g/mol. The molecule has 0 spiro atoms. The number of anilines is 2. The van der Waals surface area contributed by atoms with E-state index in [0.29, 0.717) is 0 Å². The van der Waals surface area contributed by atoms with Gasteiger partial charge in [0.05, 0.1) is 0 Å². The zero-order valence-corrected chi connectivity index (χ0v) is 22.6. The van der Waals surface area contributed by atoms with Gasteiger partial charge in [-0.05, 0) is 70.3 Å². The van der Waals surface area contributed by atoms with Crippen LogP contribution in [-0.2, 0) is 0 Å². The van der Waals surface area contributed by atoms with Crippen LogP contribution in [0.25, 0.3) is 0 Å². The quantitative estimate of drug-likeness (QED) is 0.197. The molecular formula is C27H51N5S. The summed E-state index contributed by atoms with van der Waals surface area (Å²) in [5, 5.41) is 0. The molecule has 1 aromatic carbocycles. The lowest BCUT2D eigenvalue weighted by Gasteiger charge is -2.25. The van der Waals surface area contributed by atoms with E-state index in [1.165, 1.54) is 80.7 Å². The molecule has 1 heterocycles. The van der Waals surface area contributed by atoms with Gasteiger partial charge in [0.25, 0.3) is 0 Å². The molecule has 0 fully saturated rings. The van der Waals surface area contributed by atoms with E-state index in [1.54, 1.807) is 11.8 Å². The second-order valence-corrected chi connectivity index (χ2v) is 10.4. The molecule has 0 saturated heterocycles. The highest BCUT2D eigenvalue weighted by atomic mass is 32.2. The van der Waals surface area contributed by atoms with E-state index in [0.717, 1.165) is 31.6 Å². The molecule has 1 aromatic rings. The number of nitrogens with two attached hydrogens (primary N) is 3. The van der Waals surface area contributed by atoms with Crippen molar-refractivity contribution >= 4 is 23.1 Å². The number of rotatable bonds is 15. The molecule has 6 heteroatoms. The largest absolute Gasteiger partial charge is 0.399 e. The Morgan fingerprint density at radius 3 is 1.88 bits per heavy atom. The van der Waals surface area contributed by atoms with Crippen molar-refractivity contribution in [1.82, 2.24) is 4.90 Å². The van der Waals surface area contributed by atoms with Gasteiger partial charge in [0.15, 0.2) is 0 Å². The van der Waals surface area contributed by atoms with E-state index in [9.17, 15) is 0 Å². The molecule has 1 aliphatic rings. The Bertz CT molecular complexity index is 634. The van der Waals surface area contributed by atoms with Crippen molar-refractivity contribution < 1.29 is 0 Å². The summed E-state index contributed by atoms with van der Waals surface area (Å²) in [6.07, 6.45) is 12.8. The molecule has 0 bridgehead atoms. The van der Waals surface area contributed by atoms with Gasteiger partial charge in [-0.1, -0.05) is 64.1 Å². The maximum atomic E-state index is 5.96. The molecule has 190 valence electrons. The number of hydrogen-bond acceptors (Lipinski definition) is 6. The van der Waals surface area contributed by atoms with Crippen LogP contribution in [0.3, 0.4) is 0 Å². The topological polar surface area (TPSA) is 84.5 Å². The molecule has 0 saturated carbocycles. The van der Waals surface area contributed by atoms with Crippen LogP contribution in [0.5, 0.6) is 0 Å². The van der Waals surface area contributed by atoms with E-state index in [2.05, 4.69) is 49.6 Å². The first kappa shape index (κ1) is 29.7. The molecule has 1 atom stereocenters. The zero-order chi connectivity index (χ0) is 24.5. The van der Waals surface area contributed by atoms with Crippen molar-refractivity contribution in [2.75, 3.05) is 36.8 Å². The SMILES string of the molecule is CC1=C(C)N(CCCCN)C(N)S1.CCCCCCN(CCCCCC)c1ccc(N)cc1. The van der Waals surface area contributed by atoms with Gasteiger partial charge in [-0.25, -0.2) is 0 Å². The van der Waals surface area contributed by atoms with E-state index in [-0.39, 0.29) is 5.50 Å². The summed E-state index contributed by atoms with van der Waals surface area (Å²) >= 11 is 1.75. The van der Waals surface area contributed by atoms with Crippen molar-refractivity contribution in [1.29, 1.82) is 0 Å². The lowest BCUT2D eigenvalue weighted by molar-refractivity contribution is 0.329. The third-order valence-electron chi connectivity index (χ3n) is 6.22. The second-order valence-electron chi connectivity index (χ2n) is 9.04. The summed E-state index contributed by atoms with van der Waals surface area (Å²) in [4.78, 5) is 6.14. The van der Waals surface area contributed by atoms with Gasteiger partial charge >= 0.3 is 0 Å². The third-order valence-corrected chi connectivity index (χ3v) is 7.36. The summed E-state index contributed by atoms with van der Waals surface area (Å²) in [7, 11) is 0. The average molecular weight is 478 g/mol. The Hall–Kier alpha value is -1.37. The van der Waals surface area contributed by atoms with Crippen molar-refractivity contribution in [3.8, 4) is 0 Å². The number of unbranched alkanes of at least 4 members (excludes halogenated alkanes) is 7. The van der Waals surface area contributed by atoms with E-state index in [1.807, 2.05) is 12.1 Å². The fourth-order valence-electron chi connectivity index (χ4n) is 3.96. The van der Waals surface area contributed by atoms with E-state index < -0.39 is 0 Å². The Balaban J connectivity index is 0.000000361. The number of nitrogen functional groups attached to an aromatic ring is 1. The molecule has 2 rings (SSSR count). The van der Waals surface area contributed by atoms with Crippen LogP contribution in [0.4, 0.5) is 11.4 Å². The molecule has 0 aromatic heterocycles. The number of thioether (sulfide) groups is 1. The standard InChI is InChI=1S/C18H32N2.C9H19N3S/c1-3-5-7-9-15-20(16-10-8-6-4-2)18-13-11-17(19)12-14-18;1-7-8(2)13-9(11)12(7)6-4-3-5-10/h11-14H,3-10,15-16,19H2,1-2H3;9H,3-6,10-11H2,1-2H3. The van der Waals surface area contributed by atoms with Gasteiger partial charge in [0.2, 0.25) is 0 Å². The van der Waals surface area contributed by atoms with Crippen molar-refractivity contribution in [2.45, 2.75) is 97.4 Å². The van der Waals surface area contributed by atoms with Crippen LogP contribution in [0.15, 0.2) is 34.9 Å². The zero-order valence-electron chi connectivity index (χ0n) is 21.8. The highest BCUT2D eigenvalue weighted by Crippen LogP contribution is 2.34. The average Bonchev–Trinajstić information content (AvgIpc) is 3.05. The lowest BCUT2D eigenvalue weighted by atomic mass is 10.1. The molecule has 0 aliphatic carbocycles. The molecule has 1 aliphatic heterocycles. The lowest BCUT2D eigenvalue weighted by Crippen LogP contribution is -2.35. The molecule has 5 nitrogen and oxygen atoms in total.